The van der Waals surface area contributed by atoms with Crippen LogP contribution in [0.5, 0.6) is 5.75 Å². The number of carboxylic acids is 1. The highest BCUT2D eigenvalue weighted by atomic mass is 32.3. The van der Waals surface area contributed by atoms with E-state index >= 15 is 0 Å². The van der Waals surface area contributed by atoms with E-state index in [1.165, 1.54) is 19.2 Å². The first-order valence-electron chi connectivity index (χ1n) is 5.13. The standard InChI is InChI=1S/C10H13NO7S2/c1-18-7-3-4-9(8(5-7)10(12)13)11-20(16,17)6-19(2,14)15/h3-5,11H,6H2,1-2H3,(H,12,13). The summed E-state index contributed by atoms with van der Waals surface area (Å²) < 4.78 is 52.0. The first kappa shape index (κ1) is 16.2. The molecule has 1 aromatic carbocycles. The molecule has 0 spiro atoms. The normalized spacial score (nSPS) is 11.9. The maximum atomic E-state index is 11.6. The Morgan fingerprint density at radius 1 is 1.30 bits per heavy atom. The zero-order valence-electron chi connectivity index (χ0n) is 10.7. The predicted molar refractivity (Wildman–Crippen MR) is 72.2 cm³/mol. The highest BCUT2D eigenvalue weighted by molar-refractivity contribution is 8.08. The zero-order valence-corrected chi connectivity index (χ0v) is 12.3. The second kappa shape index (κ2) is 5.67. The Hall–Kier alpha value is -1.81. The minimum Gasteiger partial charge on any atom is -0.497 e. The summed E-state index contributed by atoms with van der Waals surface area (Å²) in [7, 11) is -6.65. The van der Waals surface area contributed by atoms with Gasteiger partial charge in [-0.05, 0) is 18.2 Å². The van der Waals surface area contributed by atoms with Gasteiger partial charge in [-0.25, -0.2) is 21.6 Å². The fraction of sp³-hybridized carbons (Fsp3) is 0.300. The van der Waals surface area contributed by atoms with Crippen molar-refractivity contribution in [2.45, 2.75) is 0 Å². The van der Waals surface area contributed by atoms with Crippen molar-refractivity contribution in [1.82, 2.24) is 0 Å². The van der Waals surface area contributed by atoms with Gasteiger partial charge < -0.3 is 9.84 Å². The number of hydrogen-bond donors (Lipinski definition) is 2. The lowest BCUT2D eigenvalue weighted by Gasteiger charge is -2.11. The molecule has 1 rings (SSSR count). The molecular formula is C10H13NO7S2. The number of anilines is 1. The first-order valence-corrected chi connectivity index (χ1v) is 8.85. The number of sulfone groups is 1. The van der Waals surface area contributed by atoms with Gasteiger partial charge in [0.1, 0.15) is 5.75 Å². The van der Waals surface area contributed by atoms with E-state index in [1.54, 1.807) is 0 Å². The molecular weight excluding hydrogens is 310 g/mol. The summed E-state index contributed by atoms with van der Waals surface area (Å²) in [5.74, 6) is -1.14. The Balaban J connectivity index is 3.18. The minimum atomic E-state index is -4.21. The third kappa shape index (κ3) is 4.70. The molecule has 0 bridgehead atoms. The molecule has 8 nitrogen and oxygen atoms in total. The van der Waals surface area contributed by atoms with Gasteiger partial charge in [0.15, 0.2) is 14.9 Å². The van der Waals surface area contributed by atoms with Gasteiger partial charge in [0.2, 0.25) is 10.0 Å². The molecule has 20 heavy (non-hydrogen) atoms. The molecule has 0 amide bonds. The van der Waals surface area contributed by atoms with Crippen molar-refractivity contribution < 1.29 is 31.5 Å². The van der Waals surface area contributed by atoms with Crippen molar-refractivity contribution in [3.8, 4) is 5.75 Å². The fourth-order valence-electron chi connectivity index (χ4n) is 1.40. The third-order valence-electron chi connectivity index (χ3n) is 2.09. The molecule has 0 saturated carbocycles. The molecule has 2 N–H and O–H groups in total. The topological polar surface area (TPSA) is 127 Å². The molecule has 0 aliphatic carbocycles. The van der Waals surface area contributed by atoms with Crippen LogP contribution >= 0.6 is 0 Å². The lowest BCUT2D eigenvalue weighted by Crippen LogP contribution is -2.23. The molecule has 10 heteroatoms. The van der Waals surface area contributed by atoms with Crippen LogP contribution in [0.4, 0.5) is 5.69 Å². The molecule has 0 heterocycles. The number of ether oxygens (including phenoxy) is 1. The molecule has 0 radical (unpaired) electrons. The van der Waals surface area contributed by atoms with E-state index in [4.69, 9.17) is 9.84 Å². The number of hydrogen-bond acceptors (Lipinski definition) is 6. The van der Waals surface area contributed by atoms with Gasteiger partial charge in [0.25, 0.3) is 0 Å². The number of nitrogens with one attached hydrogen (secondary N) is 1. The summed E-state index contributed by atoms with van der Waals surface area (Å²) in [6.07, 6.45) is 0.762. The number of methoxy groups -OCH3 is 1. The third-order valence-corrected chi connectivity index (χ3v) is 5.58. The van der Waals surface area contributed by atoms with Gasteiger partial charge in [-0.2, -0.15) is 0 Å². The first-order chi connectivity index (χ1) is 9.04. The second-order valence-electron chi connectivity index (χ2n) is 3.98. The van der Waals surface area contributed by atoms with Crippen LogP contribution in [0.2, 0.25) is 0 Å². The van der Waals surface area contributed by atoms with Crippen molar-refractivity contribution in [2.75, 3.05) is 23.2 Å². The van der Waals surface area contributed by atoms with Crippen molar-refractivity contribution >= 4 is 31.5 Å². The van der Waals surface area contributed by atoms with Crippen LogP contribution in [0.25, 0.3) is 0 Å². The Kier molecular flexibility index (Phi) is 4.61. The van der Waals surface area contributed by atoms with Crippen LogP contribution < -0.4 is 9.46 Å². The largest absolute Gasteiger partial charge is 0.497 e. The van der Waals surface area contributed by atoms with Crippen LogP contribution in [0.3, 0.4) is 0 Å². The van der Waals surface area contributed by atoms with E-state index in [0.29, 0.717) is 0 Å². The number of sulfonamides is 1. The summed E-state index contributed by atoms with van der Waals surface area (Å²) in [5.41, 5.74) is -0.580. The number of rotatable bonds is 6. The molecule has 0 unspecified atom stereocenters. The van der Waals surface area contributed by atoms with E-state index < -0.39 is 30.9 Å². The molecule has 112 valence electrons. The molecule has 0 aromatic heterocycles. The summed E-state index contributed by atoms with van der Waals surface area (Å²) in [6, 6.07) is 3.66. The predicted octanol–water partition coefficient (Wildman–Crippen LogP) is 0.137. The Morgan fingerprint density at radius 2 is 1.90 bits per heavy atom. The van der Waals surface area contributed by atoms with Gasteiger partial charge in [-0.15, -0.1) is 0 Å². The molecule has 1 aromatic rings. The van der Waals surface area contributed by atoms with E-state index in [2.05, 4.69) is 0 Å². The van der Waals surface area contributed by atoms with E-state index in [9.17, 15) is 21.6 Å². The quantitative estimate of drug-likeness (QED) is 0.762. The average Bonchev–Trinajstić information content (AvgIpc) is 2.25. The van der Waals surface area contributed by atoms with Crippen LogP contribution in [0.1, 0.15) is 10.4 Å². The van der Waals surface area contributed by atoms with Crippen molar-refractivity contribution in [3.63, 3.8) is 0 Å². The van der Waals surface area contributed by atoms with Gasteiger partial charge in [0.05, 0.1) is 18.4 Å². The van der Waals surface area contributed by atoms with Crippen molar-refractivity contribution in [3.05, 3.63) is 23.8 Å². The highest BCUT2D eigenvalue weighted by Crippen LogP contribution is 2.23. The van der Waals surface area contributed by atoms with Gasteiger partial charge in [0, 0.05) is 6.26 Å². The number of aromatic carboxylic acids is 1. The Labute approximate surface area is 116 Å². The van der Waals surface area contributed by atoms with E-state index in [0.717, 1.165) is 12.3 Å². The molecule has 0 saturated heterocycles. The second-order valence-corrected chi connectivity index (χ2v) is 8.21. The Morgan fingerprint density at radius 3 is 2.35 bits per heavy atom. The summed E-state index contributed by atoms with van der Waals surface area (Å²) in [6.45, 7) is 0. The van der Waals surface area contributed by atoms with Crippen LogP contribution in [-0.4, -0.2) is 46.4 Å². The fourth-order valence-corrected chi connectivity index (χ4v) is 4.40. The summed E-state index contributed by atoms with van der Waals surface area (Å²) in [4.78, 5) is 11.1. The van der Waals surface area contributed by atoms with E-state index in [1.807, 2.05) is 4.72 Å². The van der Waals surface area contributed by atoms with Gasteiger partial charge in [-0.1, -0.05) is 0 Å². The molecule has 0 aliphatic heterocycles. The SMILES string of the molecule is COc1ccc(NS(=O)(=O)CS(C)(=O)=O)c(C(=O)O)c1. The zero-order chi connectivity index (χ0) is 15.6. The lowest BCUT2D eigenvalue weighted by molar-refractivity contribution is 0.0697. The monoisotopic (exact) mass is 323 g/mol. The molecule has 0 aliphatic rings. The minimum absolute atomic E-state index is 0.230. The summed E-state index contributed by atoms with van der Waals surface area (Å²) >= 11 is 0. The smallest absolute Gasteiger partial charge is 0.337 e. The van der Waals surface area contributed by atoms with E-state index in [-0.39, 0.29) is 17.0 Å². The summed E-state index contributed by atoms with van der Waals surface area (Å²) in [5, 5.41) is 7.87. The van der Waals surface area contributed by atoms with Crippen LogP contribution in [0.15, 0.2) is 18.2 Å². The van der Waals surface area contributed by atoms with Gasteiger partial charge >= 0.3 is 5.97 Å². The molecule has 0 fully saturated rings. The van der Waals surface area contributed by atoms with Crippen molar-refractivity contribution in [1.29, 1.82) is 0 Å². The number of carboxylic acid groups (broad SMARTS) is 1. The average molecular weight is 323 g/mol. The van der Waals surface area contributed by atoms with Crippen molar-refractivity contribution in [2.24, 2.45) is 0 Å². The van der Waals surface area contributed by atoms with Gasteiger partial charge in [-0.3, -0.25) is 4.72 Å². The highest BCUT2D eigenvalue weighted by Gasteiger charge is 2.21. The number of carbonyl (C=O) groups is 1. The molecule has 0 atom stereocenters. The lowest BCUT2D eigenvalue weighted by atomic mass is 10.2. The van der Waals surface area contributed by atoms with Crippen LogP contribution in [0, 0.1) is 0 Å². The maximum absolute atomic E-state index is 11.6. The Bertz CT molecular complexity index is 722. The van der Waals surface area contributed by atoms with Crippen LogP contribution in [-0.2, 0) is 19.9 Å². The maximum Gasteiger partial charge on any atom is 0.337 e. The number of benzene rings is 1.